The van der Waals surface area contributed by atoms with Gasteiger partial charge < -0.3 is 5.11 Å². The standard InChI is InChI=1S/C10H12ClNO/c1-7(2)5-10(13)8-3-4-12-6-9(8)11/h3-6,10,13H,1-2H3. The number of aliphatic hydroxyl groups is 1. The average molecular weight is 198 g/mol. The Hall–Kier alpha value is -0.860. The Balaban J connectivity index is 2.95. The van der Waals surface area contributed by atoms with E-state index < -0.39 is 6.10 Å². The van der Waals surface area contributed by atoms with E-state index in [1.807, 2.05) is 13.8 Å². The lowest BCUT2D eigenvalue weighted by molar-refractivity contribution is 0.227. The molecule has 1 unspecified atom stereocenters. The molecule has 3 heteroatoms. The van der Waals surface area contributed by atoms with Crippen LogP contribution in [-0.2, 0) is 0 Å². The van der Waals surface area contributed by atoms with Crippen LogP contribution in [-0.4, -0.2) is 10.1 Å². The molecule has 0 amide bonds. The smallest absolute Gasteiger partial charge is 0.0989 e. The predicted molar refractivity (Wildman–Crippen MR) is 53.6 cm³/mol. The highest BCUT2D eigenvalue weighted by Crippen LogP contribution is 2.23. The van der Waals surface area contributed by atoms with Gasteiger partial charge in [0, 0.05) is 18.0 Å². The van der Waals surface area contributed by atoms with Gasteiger partial charge in [-0.2, -0.15) is 0 Å². The van der Waals surface area contributed by atoms with Crippen molar-refractivity contribution in [3.05, 3.63) is 40.7 Å². The fourth-order valence-electron chi connectivity index (χ4n) is 1.03. The molecule has 1 heterocycles. The SMILES string of the molecule is CC(C)=CC(O)c1ccncc1Cl. The fraction of sp³-hybridized carbons (Fsp3) is 0.300. The normalized spacial score (nSPS) is 12.3. The Labute approximate surface area is 82.9 Å². The van der Waals surface area contributed by atoms with E-state index in [1.54, 1.807) is 18.3 Å². The number of pyridine rings is 1. The fourth-order valence-corrected chi connectivity index (χ4v) is 1.26. The number of hydrogen-bond acceptors (Lipinski definition) is 2. The summed E-state index contributed by atoms with van der Waals surface area (Å²) in [6, 6.07) is 1.71. The summed E-state index contributed by atoms with van der Waals surface area (Å²) in [7, 11) is 0. The molecular weight excluding hydrogens is 186 g/mol. The van der Waals surface area contributed by atoms with Crippen molar-refractivity contribution in [1.29, 1.82) is 0 Å². The largest absolute Gasteiger partial charge is 0.384 e. The molecule has 0 aromatic carbocycles. The predicted octanol–water partition coefficient (Wildman–Crippen LogP) is 2.73. The molecule has 1 N–H and O–H groups in total. The summed E-state index contributed by atoms with van der Waals surface area (Å²) in [5.74, 6) is 0. The monoisotopic (exact) mass is 197 g/mol. The molecule has 0 aliphatic heterocycles. The Kier molecular flexibility index (Phi) is 3.46. The zero-order valence-corrected chi connectivity index (χ0v) is 8.42. The first-order valence-corrected chi connectivity index (χ1v) is 4.41. The number of hydrogen-bond donors (Lipinski definition) is 1. The van der Waals surface area contributed by atoms with Crippen molar-refractivity contribution in [3.63, 3.8) is 0 Å². The summed E-state index contributed by atoms with van der Waals surface area (Å²) >= 11 is 5.85. The third kappa shape index (κ3) is 2.83. The molecule has 0 radical (unpaired) electrons. The molecule has 2 nitrogen and oxygen atoms in total. The molecule has 0 bridgehead atoms. The molecular formula is C10H12ClNO. The van der Waals surface area contributed by atoms with Crippen LogP contribution in [0.5, 0.6) is 0 Å². The molecule has 0 fully saturated rings. The number of aromatic nitrogens is 1. The van der Waals surface area contributed by atoms with Gasteiger partial charge in [-0.05, 0) is 19.9 Å². The molecule has 1 aromatic rings. The molecule has 1 aromatic heterocycles. The number of allylic oxidation sites excluding steroid dienone is 1. The summed E-state index contributed by atoms with van der Waals surface area (Å²) in [4.78, 5) is 3.84. The summed E-state index contributed by atoms with van der Waals surface area (Å²) in [6.45, 7) is 3.86. The first-order valence-electron chi connectivity index (χ1n) is 4.03. The van der Waals surface area contributed by atoms with Crippen molar-refractivity contribution < 1.29 is 5.11 Å². The van der Waals surface area contributed by atoms with Crippen LogP contribution in [0.3, 0.4) is 0 Å². The second-order valence-electron chi connectivity index (χ2n) is 3.09. The minimum absolute atomic E-state index is 0.493. The molecule has 13 heavy (non-hydrogen) atoms. The maximum Gasteiger partial charge on any atom is 0.0989 e. The van der Waals surface area contributed by atoms with Crippen LogP contribution in [0.2, 0.25) is 5.02 Å². The molecule has 0 spiro atoms. The Morgan fingerprint density at radius 1 is 1.62 bits per heavy atom. The van der Waals surface area contributed by atoms with Gasteiger partial charge in [0.1, 0.15) is 0 Å². The van der Waals surface area contributed by atoms with Crippen LogP contribution < -0.4 is 0 Å². The summed E-state index contributed by atoms with van der Waals surface area (Å²) in [5.41, 5.74) is 1.75. The van der Waals surface area contributed by atoms with Gasteiger partial charge in [-0.3, -0.25) is 4.98 Å². The number of aliphatic hydroxyl groups excluding tert-OH is 1. The lowest BCUT2D eigenvalue weighted by Crippen LogP contribution is -1.95. The zero-order valence-electron chi connectivity index (χ0n) is 7.66. The third-order valence-corrected chi connectivity index (χ3v) is 1.93. The molecule has 70 valence electrons. The Bertz CT molecular complexity index is 318. The summed E-state index contributed by atoms with van der Waals surface area (Å²) in [5, 5.41) is 10.2. The van der Waals surface area contributed by atoms with E-state index in [4.69, 9.17) is 11.6 Å². The van der Waals surface area contributed by atoms with Crippen LogP contribution in [0, 0.1) is 0 Å². The van der Waals surface area contributed by atoms with Gasteiger partial charge in [0.05, 0.1) is 11.1 Å². The van der Waals surface area contributed by atoms with E-state index in [2.05, 4.69) is 4.98 Å². The quantitative estimate of drug-likeness (QED) is 0.740. The van der Waals surface area contributed by atoms with Crippen LogP contribution in [0.1, 0.15) is 25.5 Å². The number of rotatable bonds is 2. The molecule has 0 saturated carbocycles. The van der Waals surface area contributed by atoms with Crippen molar-refractivity contribution in [2.24, 2.45) is 0 Å². The van der Waals surface area contributed by atoms with E-state index in [-0.39, 0.29) is 0 Å². The molecule has 1 atom stereocenters. The van der Waals surface area contributed by atoms with Gasteiger partial charge in [-0.25, -0.2) is 0 Å². The van der Waals surface area contributed by atoms with Crippen LogP contribution >= 0.6 is 11.6 Å². The van der Waals surface area contributed by atoms with Gasteiger partial charge in [-0.15, -0.1) is 0 Å². The van der Waals surface area contributed by atoms with Crippen LogP contribution in [0.25, 0.3) is 0 Å². The minimum atomic E-state index is -0.638. The van der Waals surface area contributed by atoms with E-state index in [0.29, 0.717) is 10.6 Å². The van der Waals surface area contributed by atoms with Crippen molar-refractivity contribution >= 4 is 11.6 Å². The van der Waals surface area contributed by atoms with Crippen LogP contribution in [0.15, 0.2) is 30.1 Å². The average Bonchev–Trinajstić information content (AvgIpc) is 2.03. The topological polar surface area (TPSA) is 33.1 Å². The Morgan fingerprint density at radius 3 is 2.85 bits per heavy atom. The number of nitrogens with zero attached hydrogens (tertiary/aromatic N) is 1. The lowest BCUT2D eigenvalue weighted by atomic mass is 10.1. The third-order valence-electron chi connectivity index (χ3n) is 1.61. The lowest BCUT2D eigenvalue weighted by Gasteiger charge is -2.07. The highest BCUT2D eigenvalue weighted by molar-refractivity contribution is 6.31. The maximum absolute atomic E-state index is 9.68. The van der Waals surface area contributed by atoms with E-state index >= 15 is 0 Å². The molecule has 0 saturated heterocycles. The molecule has 0 aliphatic rings. The second kappa shape index (κ2) is 4.40. The van der Waals surface area contributed by atoms with Gasteiger partial charge in [0.15, 0.2) is 0 Å². The highest BCUT2D eigenvalue weighted by atomic mass is 35.5. The van der Waals surface area contributed by atoms with Gasteiger partial charge >= 0.3 is 0 Å². The molecule has 1 rings (SSSR count). The van der Waals surface area contributed by atoms with Crippen LogP contribution in [0.4, 0.5) is 0 Å². The van der Waals surface area contributed by atoms with E-state index in [0.717, 1.165) is 5.57 Å². The van der Waals surface area contributed by atoms with Crippen molar-refractivity contribution in [1.82, 2.24) is 4.98 Å². The summed E-state index contributed by atoms with van der Waals surface area (Å²) in [6.07, 6.45) is 4.25. The number of halogens is 1. The van der Waals surface area contributed by atoms with E-state index in [1.165, 1.54) is 6.20 Å². The summed E-state index contributed by atoms with van der Waals surface area (Å²) < 4.78 is 0. The minimum Gasteiger partial charge on any atom is -0.384 e. The highest BCUT2D eigenvalue weighted by Gasteiger charge is 2.07. The first kappa shape index (κ1) is 10.2. The Morgan fingerprint density at radius 2 is 2.31 bits per heavy atom. The van der Waals surface area contributed by atoms with Crippen molar-refractivity contribution in [2.75, 3.05) is 0 Å². The zero-order chi connectivity index (χ0) is 9.84. The van der Waals surface area contributed by atoms with Gasteiger partial charge in [0.2, 0.25) is 0 Å². The van der Waals surface area contributed by atoms with E-state index in [9.17, 15) is 5.11 Å². The maximum atomic E-state index is 9.68. The van der Waals surface area contributed by atoms with Crippen molar-refractivity contribution in [3.8, 4) is 0 Å². The van der Waals surface area contributed by atoms with Gasteiger partial charge in [-0.1, -0.05) is 23.3 Å². The second-order valence-corrected chi connectivity index (χ2v) is 3.49. The first-order chi connectivity index (χ1) is 6.11. The molecule has 0 aliphatic carbocycles. The van der Waals surface area contributed by atoms with Crippen molar-refractivity contribution in [2.45, 2.75) is 20.0 Å². The van der Waals surface area contributed by atoms with Gasteiger partial charge in [0.25, 0.3) is 0 Å².